The SMILES string of the molecule is CCCNC(=O)[C@@H]1CCCN(c2ccc(SCC(=O)Nc3ccc(C)cc3)nn2)C1. The highest BCUT2D eigenvalue weighted by Gasteiger charge is 2.26. The Balaban J connectivity index is 1.48. The van der Waals surface area contributed by atoms with Crippen molar-refractivity contribution < 1.29 is 9.59 Å². The molecule has 1 saturated heterocycles. The van der Waals surface area contributed by atoms with Crippen molar-refractivity contribution in [3.8, 4) is 0 Å². The normalized spacial score (nSPS) is 16.2. The third-order valence-electron chi connectivity index (χ3n) is 4.98. The number of piperidine rings is 1. The zero-order valence-corrected chi connectivity index (χ0v) is 18.4. The number of aromatic nitrogens is 2. The molecule has 2 heterocycles. The molecule has 1 aromatic carbocycles. The average molecular weight is 428 g/mol. The van der Waals surface area contributed by atoms with Crippen LogP contribution in [0.3, 0.4) is 0 Å². The van der Waals surface area contributed by atoms with Crippen LogP contribution in [0.15, 0.2) is 41.4 Å². The Kier molecular flexibility index (Phi) is 8.07. The van der Waals surface area contributed by atoms with Crippen molar-refractivity contribution in [3.63, 3.8) is 0 Å². The molecule has 8 heteroatoms. The summed E-state index contributed by atoms with van der Waals surface area (Å²) in [4.78, 5) is 26.5. The van der Waals surface area contributed by atoms with E-state index in [1.807, 2.05) is 43.3 Å². The fourth-order valence-corrected chi connectivity index (χ4v) is 3.94. The third-order valence-corrected chi connectivity index (χ3v) is 5.90. The highest BCUT2D eigenvalue weighted by atomic mass is 32.2. The van der Waals surface area contributed by atoms with Gasteiger partial charge in [-0.15, -0.1) is 10.2 Å². The van der Waals surface area contributed by atoms with Crippen LogP contribution < -0.4 is 15.5 Å². The van der Waals surface area contributed by atoms with Crippen molar-refractivity contribution in [1.82, 2.24) is 15.5 Å². The van der Waals surface area contributed by atoms with Crippen LogP contribution in [0.1, 0.15) is 31.7 Å². The number of benzene rings is 1. The molecule has 30 heavy (non-hydrogen) atoms. The van der Waals surface area contributed by atoms with Gasteiger partial charge in [0.25, 0.3) is 0 Å². The second kappa shape index (κ2) is 11.0. The predicted octanol–water partition coefficient (Wildman–Crippen LogP) is 3.26. The van der Waals surface area contributed by atoms with Crippen molar-refractivity contribution in [2.24, 2.45) is 5.92 Å². The maximum absolute atomic E-state index is 12.3. The van der Waals surface area contributed by atoms with Gasteiger partial charge in [0.1, 0.15) is 5.03 Å². The number of thioether (sulfide) groups is 1. The first-order valence-corrected chi connectivity index (χ1v) is 11.4. The number of aryl methyl sites for hydroxylation is 1. The summed E-state index contributed by atoms with van der Waals surface area (Å²) < 4.78 is 0. The number of nitrogens with zero attached hydrogens (tertiary/aromatic N) is 3. The molecule has 0 radical (unpaired) electrons. The first-order chi connectivity index (χ1) is 14.5. The molecule has 7 nitrogen and oxygen atoms in total. The van der Waals surface area contributed by atoms with Crippen LogP contribution in [0.2, 0.25) is 0 Å². The summed E-state index contributed by atoms with van der Waals surface area (Å²) in [6.45, 7) is 6.32. The van der Waals surface area contributed by atoms with Gasteiger partial charge in [0.2, 0.25) is 11.8 Å². The number of carbonyl (C=O) groups is 2. The molecule has 2 N–H and O–H groups in total. The number of hydrogen-bond acceptors (Lipinski definition) is 6. The van der Waals surface area contributed by atoms with Gasteiger partial charge in [-0.1, -0.05) is 36.4 Å². The van der Waals surface area contributed by atoms with E-state index < -0.39 is 0 Å². The van der Waals surface area contributed by atoms with E-state index in [0.717, 1.165) is 49.4 Å². The minimum atomic E-state index is -0.0771. The number of rotatable bonds is 8. The Morgan fingerprint density at radius 1 is 1.17 bits per heavy atom. The Morgan fingerprint density at radius 2 is 1.97 bits per heavy atom. The fraction of sp³-hybridized carbons (Fsp3) is 0.455. The Hall–Kier alpha value is -2.61. The summed E-state index contributed by atoms with van der Waals surface area (Å²) >= 11 is 1.35. The van der Waals surface area contributed by atoms with Gasteiger partial charge in [-0.05, 0) is 50.5 Å². The monoisotopic (exact) mass is 427 g/mol. The van der Waals surface area contributed by atoms with Crippen molar-refractivity contribution in [1.29, 1.82) is 0 Å². The van der Waals surface area contributed by atoms with Gasteiger partial charge in [-0.3, -0.25) is 9.59 Å². The summed E-state index contributed by atoms with van der Waals surface area (Å²) in [5, 5.41) is 15.1. The molecule has 160 valence electrons. The van der Waals surface area contributed by atoms with E-state index in [-0.39, 0.29) is 23.5 Å². The van der Waals surface area contributed by atoms with Gasteiger partial charge >= 0.3 is 0 Å². The first-order valence-electron chi connectivity index (χ1n) is 10.4. The molecule has 2 amide bonds. The Bertz CT molecular complexity index is 842. The molecule has 0 spiro atoms. The van der Waals surface area contributed by atoms with Crippen LogP contribution in [0.4, 0.5) is 11.5 Å². The molecule has 1 atom stereocenters. The van der Waals surface area contributed by atoms with Crippen LogP contribution in [-0.4, -0.2) is 47.4 Å². The summed E-state index contributed by atoms with van der Waals surface area (Å²) in [6.07, 6.45) is 2.81. The van der Waals surface area contributed by atoms with Crippen molar-refractivity contribution in [2.45, 2.75) is 38.1 Å². The molecular formula is C22H29N5O2S. The van der Waals surface area contributed by atoms with E-state index in [1.165, 1.54) is 11.8 Å². The van der Waals surface area contributed by atoms with E-state index in [9.17, 15) is 9.59 Å². The number of hydrogen-bond donors (Lipinski definition) is 2. The van der Waals surface area contributed by atoms with E-state index >= 15 is 0 Å². The van der Waals surface area contributed by atoms with E-state index in [2.05, 4.69) is 32.7 Å². The standard InChI is InChI=1S/C22H29N5O2S/c1-3-12-23-22(29)17-5-4-13-27(14-17)19-10-11-21(26-25-19)30-15-20(28)24-18-8-6-16(2)7-9-18/h6-11,17H,3-5,12-15H2,1-2H3,(H,23,29)(H,24,28)/t17-/m1/s1. The lowest BCUT2D eigenvalue weighted by atomic mass is 9.97. The highest BCUT2D eigenvalue weighted by molar-refractivity contribution is 7.99. The molecule has 3 rings (SSSR count). The van der Waals surface area contributed by atoms with Crippen LogP contribution in [-0.2, 0) is 9.59 Å². The molecule has 1 fully saturated rings. The molecular weight excluding hydrogens is 398 g/mol. The summed E-state index contributed by atoms with van der Waals surface area (Å²) in [6, 6.07) is 11.5. The Morgan fingerprint density at radius 3 is 2.67 bits per heavy atom. The first kappa shape index (κ1) is 22.1. The molecule has 1 aliphatic rings. The van der Waals surface area contributed by atoms with Crippen LogP contribution in [0, 0.1) is 12.8 Å². The maximum Gasteiger partial charge on any atom is 0.234 e. The van der Waals surface area contributed by atoms with Crippen molar-refractivity contribution in [2.75, 3.05) is 35.6 Å². The van der Waals surface area contributed by atoms with Crippen LogP contribution >= 0.6 is 11.8 Å². The van der Waals surface area contributed by atoms with E-state index in [0.29, 0.717) is 11.6 Å². The maximum atomic E-state index is 12.3. The summed E-state index contributed by atoms with van der Waals surface area (Å²) in [5.41, 5.74) is 1.94. The zero-order valence-electron chi connectivity index (χ0n) is 17.6. The van der Waals surface area contributed by atoms with Gasteiger partial charge in [0.05, 0.1) is 11.7 Å². The number of nitrogens with one attached hydrogen (secondary N) is 2. The second-order valence-electron chi connectivity index (χ2n) is 7.51. The molecule has 2 aromatic rings. The quantitative estimate of drug-likeness (QED) is 0.629. The topological polar surface area (TPSA) is 87.2 Å². The molecule has 0 saturated carbocycles. The molecule has 0 aliphatic carbocycles. The summed E-state index contributed by atoms with van der Waals surface area (Å²) in [5.74, 6) is 1.08. The molecule has 1 aliphatic heterocycles. The number of carbonyl (C=O) groups excluding carboxylic acids is 2. The lowest BCUT2D eigenvalue weighted by molar-refractivity contribution is -0.125. The van der Waals surface area contributed by atoms with Crippen molar-refractivity contribution >= 4 is 35.1 Å². The number of amides is 2. The van der Waals surface area contributed by atoms with E-state index in [4.69, 9.17) is 0 Å². The smallest absolute Gasteiger partial charge is 0.234 e. The van der Waals surface area contributed by atoms with E-state index in [1.54, 1.807) is 0 Å². The highest BCUT2D eigenvalue weighted by Crippen LogP contribution is 2.23. The van der Waals surface area contributed by atoms with Gasteiger partial charge < -0.3 is 15.5 Å². The van der Waals surface area contributed by atoms with Gasteiger partial charge in [-0.2, -0.15) is 0 Å². The second-order valence-corrected chi connectivity index (χ2v) is 8.50. The van der Waals surface area contributed by atoms with Gasteiger partial charge in [-0.25, -0.2) is 0 Å². The lowest BCUT2D eigenvalue weighted by Gasteiger charge is -2.32. The number of anilines is 2. The van der Waals surface area contributed by atoms with Crippen molar-refractivity contribution in [3.05, 3.63) is 42.0 Å². The fourth-order valence-electron chi connectivity index (χ4n) is 3.32. The predicted molar refractivity (Wildman–Crippen MR) is 121 cm³/mol. The van der Waals surface area contributed by atoms with Gasteiger partial charge in [0, 0.05) is 25.3 Å². The zero-order chi connectivity index (χ0) is 21.3. The Labute approximate surface area is 182 Å². The van der Waals surface area contributed by atoms with Crippen LogP contribution in [0.5, 0.6) is 0 Å². The molecule has 1 aromatic heterocycles. The minimum Gasteiger partial charge on any atom is -0.356 e. The molecule has 0 unspecified atom stereocenters. The largest absolute Gasteiger partial charge is 0.356 e. The lowest BCUT2D eigenvalue weighted by Crippen LogP contribution is -2.43. The van der Waals surface area contributed by atoms with Gasteiger partial charge in [0.15, 0.2) is 5.82 Å². The average Bonchev–Trinajstić information content (AvgIpc) is 2.78. The van der Waals surface area contributed by atoms with Crippen LogP contribution in [0.25, 0.3) is 0 Å². The molecule has 0 bridgehead atoms. The summed E-state index contributed by atoms with van der Waals surface area (Å²) in [7, 11) is 0. The minimum absolute atomic E-state index is 0.00776. The third kappa shape index (κ3) is 6.45.